The fraction of sp³-hybridized carbons (Fsp3) is 0.400. The van der Waals surface area contributed by atoms with Crippen molar-refractivity contribution in [3.8, 4) is 0 Å². The van der Waals surface area contributed by atoms with Gasteiger partial charge in [-0.2, -0.15) is 5.10 Å². The first kappa shape index (κ1) is 13.9. The lowest BCUT2D eigenvalue weighted by Crippen LogP contribution is -2.24. The second kappa shape index (κ2) is 6.56. The van der Waals surface area contributed by atoms with Crippen LogP contribution >= 0.6 is 11.6 Å². The van der Waals surface area contributed by atoms with Gasteiger partial charge >= 0.3 is 0 Å². The molecule has 94 valence electrons. The van der Waals surface area contributed by atoms with Crippen LogP contribution in [0.15, 0.2) is 23.6 Å². The van der Waals surface area contributed by atoms with Gasteiger partial charge in [0, 0.05) is 29.4 Å². The molecule has 1 aromatic heterocycles. The van der Waals surface area contributed by atoms with Crippen molar-refractivity contribution in [3.05, 3.63) is 34.2 Å². The topological polar surface area (TPSA) is 64.0 Å². The predicted molar refractivity (Wildman–Crippen MR) is 71.1 cm³/mol. The van der Waals surface area contributed by atoms with Gasteiger partial charge in [0.1, 0.15) is 5.02 Å². The van der Waals surface area contributed by atoms with E-state index < -0.39 is 10.8 Å². The Morgan fingerprint density at radius 3 is 3.00 bits per heavy atom. The molecule has 0 aliphatic carbocycles. The van der Waals surface area contributed by atoms with Crippen LogP contribution in [0.3, 0.4) is 0 Å². The number of halogens is 1. The van der Waals surface area contributed by atoms with Gasteiger partial charge in [0.2, 0.25) is 0 Å². The number of anilines is 1. The summed E-state index contributed by atoms with van der Waals surface area (Å²) in [6, 6.07) is 0. The fourth-order valence-corrected chi connectivity index (χ4v) is 1.77. The van der Waals surface area contributed by atoms with E-state index in [9.17, 15) is 9.00 Å². The van der Waals surface area contributed by atoms with E-state index >= 15 is 0 Å². The fourth-order valence-electron chi connectivity index (χ4n) is 1.17. The minimum Gasteiger partial charge on any atom is -0.381 e. The molecule has 17 heavy (non-hydrogen) atoms. The van der Waals surface area contributed by atoms with Crippen LogP contribution in [0.2, 0.25) is 5.02 Å². The van der Waals surface area contributed by atoms with Crippen LogP contribution in [0.1, 0.15) is 0 Å². The van der Waals surface area contributed by atoms with E-state index in [4.69, 9.17) is 11.6 Å². The van der Waals surface area contributed by atoms with Gasteiger partial charge in [-0.3, -0.25) is 9.00 Å². The standard InChI is InChI=1S/C10H14ClN3O2S/c1-3-5-14-10(15)9(11)8(7-13-14)12-4-6-17(2)16/h3,7,12H,1,4-6H2,2H3. The van der Waals surface area contributed by atoms with E-state index in [1.54, 1.807) is 12.3 Å². The Labute approximate surface area is 107 Å². The Morgan fingerprint density at radius 2 is 2.41 bits per heavy atom. The Balaban J connectivity index is 2.81. The molecule has 1 heterocycles. The predicted octanol–water partition coefficient (Wildman–Crippen LogP) is 0.873. The van der Waals surface area contributed by atoms with Gasteiger partial charge in [0.15, 0.2) is 0 Å². The first-order chi connectivity index (χ1) is 8.06. The highest BCUT2D eigenvalue weighted by Gasteiger charge is 2.07. The number of hydrogen-bond acceptors (Lipinski definition) is 4. The first-order valence-corrected chi connectivity index (χ1v) is 7.07. The smallest absolute Gasteiger partial charge is 0.287 e. The normalized spacial score (nSPS) is 12.1. The van der Waals surface area contributed by atoms with Gasteiger partial charge in [-0.05, 0) is 0 Å². The molecule has 1 N–H and O–H groups in total. The molecule has 0 fully saturated rings. The summed E-state index contributed by atoms with van der Waals surface area (Å²) in [4.78, 5) is 11.7. The van der Waals surface area contributed by atoms with Gasteiger partial charge in [-0.25, -0.2) is 4.68 Å². The van der Waals surface area contributed by atoms with Crippen LogP contribution in [0.5, 0.6) is 0 Å². The summed E-state index contributed by atoms with van der Waals surface area (Å²) in [6.07, 6.45) is 4.66. The Morgan fingerprint density at radius 1 is 1.71 bits per heavy atom. The van der Waals surface area contributed by atoms with Crippen molar-refractivity contribution in [1.82, 2.24) is 9.78 Å². The van der Waals surface area contributed by atoms with E-state index in [2.05, 4.69) is 17.0 Å². The average molecular weight is 276 g/mol. The van der Waals surface area contributed by atoms with Gasteiger partial charge < -0.3 is 5.32 Å². The number of aromatic nitrogens is 2. The molecule has 1 atom stereocenters. The number of nitrogens with zero attached hydrogens (tertiary/aromatic N) is 2. The molecule has 0 saturated carbocycles. The second-order valence-electron chi connectivity index (χ2n) is 3.35. The lowest BCUT2D eigenvalue weighted by molar-refractivity contribution is 0.653. The highest BCUT2D eigenvalue weighted by molar-refractivity contribution is 7.84. The van der Waals surface area contributed by atoms with E-state index in [0.29, 0.717) is 24.5 Å². The van der Waals surface area contributed by atoms with Crippen molar-refractivity contribution >= 4 is 28.1 Å². The molecule has 0 saturated heterocycles. The molecule has 0 amide bonds. The van der Waals surface area contributed by atoms with E-state index in [-0.39, 0.29) is 10.6 Å². The number of allylic oxidation sites excluding steroid dienone is 1. The minimum atomic E-state index is -0.881. The van der Waals surface area contributed by atoms with Crippen molar-refractivity contribution in [1.29, 1.82) is 0 Å². The molecule has 1 rings (SSSR count). The largest absolute Gasteiger partial charge is 0.381 e. The van der Waals surface area contributed by atoms with Crippen LogP contribution in [0.4, 0.5) is 5.69 Å². The summed E-state index contributed by atoms with van der Waals surface area (Å²) in [5.41, 5.74) is 0.0941. The van der Waals surface area contributed by atoms with Gasteiger partial charge in [0.05, 0.1) is 18.4 Å². The van der Waals surface area contributed by atoms with Crippen LogP contribution in [-0.2, 0) is 17.3 Å². The zero-order valence-electron chi connectivity index (χ0n) is 9.48. The first-order valence-electron chi connectivity index (χ1n) is 4.96. The summed E-state index contributed by atoms with van der Waals surface area (Å²) >= 11 is 5.90. The van der Waals surface area contributed by atoms with Crippen LogP contribution in [0, 0.1) is 0 Å². The average Bonchev–Trinajstić information content (AvgIpc) is 2.28. The zero-order chi connectivity index (χ0) is 12.8. The second-order valence-corrected chi connectivity index (χ2v) is 5.28. The molecule has 0 bridgehead atoms. The third-order valence-corrected chi connectivity index (χ3v) is 3.14. The highest BCUT2D eigenvalue weighted by atomic mass is 35.5. The van der Waals surface area contributed by atoms with E-state index in [1.165, 1.54) is 10.9 Å². The van der Waals surface area contributed by atoms with Crippen LogP contribution < -0.4 is 10.9 Å². The highest BCUT2D eigenvalue weighted by Crippen LogP contribution is 2.14. The van der Waals surface area contributed by atoms with Gasteiger partial charge in [-0.15, -0.1) is 6.58 Å². The van der Waals surface area contributed by atoms with Gasteiger partial charge in [0.25, 0.3) is 5.56 Å². The number of nitrogens with one attached hydrogen (secondary N) is 1. The Bertz CT molecular complexity index is 487. The maximum absolute atomic E-state index is 11.7. The lowest BCUT2D eigenvalue weighted by Gasteiger charge is -2.08. The Hall–Kier alpha value is -1.14. The summed E-state index contributed by atoms with van der Waals surface area (Å²) in [5.74, 6) is 0.492. The van der Waals surface area contributed by atoms with Crippen molar-refractivity contribution < 1.29 is 4.21 Å². The molecular weight excluding hydrogens is 262 g/mol. The summed E-state index contributed by atoms with van der Waals surface area (Å²) in [7, 11) is -0.881. The van der Waals surface area contributed by atoms with Crippen LogP contribution in [-0.4, -0.2) is 32.5 Å². The van der Waals surface area contributed by atoms with E-state index in [1.807, 2.05) is 0 Å². The molecule has 5 nitrogen and oxygen atoms in total. The molecule has 7 heteroatoms. The monoisotopic (exact) mass is 275 g/mol. The van der Waals surface area contributed by atoms with Crippen LogP contribution in [0.25, 0.3) is 0 Å². The third kappa shape index (κ3) is 3.98. The van der Waals surface area contributed by atoms with E-state index in [0.717, 1.165) is 0 Å². The maximum atomic E-state index is 11.7. The number of hydrogen-bond donors (Lipinski definition) is 1. The zero-order valence-corrected chi connectivity index (χ0v) is 11.1. The van der Waals surface area contributed by atoms with Crippen molar-refractivity contribution in [2.24, 2.45) is 0 Å². The lowest BCUT2D eigenvalue weighted by atomic mass is 10.4. The van der Waals surface area contributed by atoms with Crippen molar-refractivity contribution in [2.45, 2.75) is 6.54 Å². The maximum Gasteiger partial charge on any atom is 0.287 e. The molecule has 1 unspecified atom stereocenters. The molecular formula is C10H14ClN3O2S. The molecule has 0 spiro atoms. The Kier molecular flexibility index (Phi) is 5.37. The molecule has 0 aromatic carbocycles. The quantitative estimate of drug-likeness (QED) is 0.783. The molecule has 0 radical (unpaired) electrons. The van der Waals surface area contributed by atoms with Crippen molar-refractivity contribution in [2.75, 3.05) is 23.9 Å². The minimum absolute atomic E-state index is 0.0868. The number of rotatable bonds is 6. The summed E-state index contributed by atoms with van der Waals surface area (Å²) in [6.45, 7) is 4.32. The third-order valence-electron chi connectivity index (χ3n) is 1.99. The van der Waals surface area contributed by atoms with Gasteiger partial charge in [-0.1, -0.05) is 17.7 Å². The molecule has 1 aromatic rings. The molecule has 0 aliphatic rings. The summed E-state index contributed by atoms with van der Waals surface area (Å²) in [5, 5.41) is 6.95. The SMILES string of the molecule is C=CCn1ncc(NCCS(C)=O)c(Cl)c1=O. The van der Waals surface area contributed by atoms with Crippen molar-refractivity contribution in [3.63, 3.8) is 0 Å². The molecule has 0 aliphatic heterocycles. The summed E-state index contributed by atoms with van der Waals surface area (Å²) < 4.78 is 12.1.